The number of carboxylic acids is 1. The third-order valence-electron chi connectivity index (χ3n) is 4.37. The summed E-state index contributed by atoms with van der Waals surface area (Å²) in [7, 11) is 0. The fourth-order valence-electron chi connectivity index (χ4n) is 2.98. The van der Waals surface area contributed by atoms with Gasteiger partial charge in [-0.05, 0) is 36.6 Å². The van der Waals surface area contributed by atoms with Crippen molar-refractivity contribution in [2.24, 2.45) is 0 Å². The zero-order valence-electron chi connectivity index (χ0n) is 14.7. The predicted octanol–water partition coefficient (Wildman–Crippen LogP) is 5.04. The van der Waals surface area contributed by atoms with Gasteiger partial charge in [0.2, 0.25) is 0 Å². The number of aryl methyl sites for hydroxylation is 1. The van der Waals surface area contributed by atoms with Gasteiger partial charge in [-0.15, -0.1) is 0 Å². The summed E-state index contributed by atoms with van der Waals surface area (Å²) in [4.78, 5) is 15.9. The van der Waals surface area contributed by atoms with Crippen LogP contribution in [0.5, 0.6) is 0 Å². The van der Waals surface area contributed by atoms with Gasteiger partial charge in [-0.2, -0.15) is 0 Å². The summed E-state index contributed by atoms with van der Waals surface area (Å²) >= 11 is 0. The smallest absolute Gasteiger partial charge is 0.307 e. The van der Waals surface area contributed by atoms with Crippen molar-refractivity contribution < 1.29 is 9.90 Å². The van der Waals surface area contributed by atoms with E-state index in [1.54, 1.807) is 0 Å². The standard InChI is InChI=1S/C21H22N2O2/c1-13(2)15-8-10-16(11-9-15)23-21-17-6-4-5-7-19(17)22-14(3)18(21)12-20(24)25/h4-11,13H,12H2,1-3H3,(H,22,23)(H,24,25). The highest BCUT2D eigenvalue weighted by atomic mass is 16.4. The van der Waals surface area contributed by atoms with Crippen LogP contribution in [0.3, 0.4) is 0 Å². The Bertz CT molecular complexity index is 915. The van der Waals surface area contributed by atoms with Crippen LogP contribution in [0.1, 0.15) is 36.6 Å². The fraction of sp³-hybridized carbons (Fsp3) is 0.238. The molecule has 0 spiro atoms. The third kappa shape index (κ3) is 3.63. The van der Waals surface area contributed by atoms with Gasteiger partial charge in [0, 0.05) is 22.3 Å². The number of rotatable bonds is 5. The summed E-state index contributed by atoms with van der Waals surface area (Å²) in [5.74, 6) is -0.390. The van der Waals surface area contributed by atoms with Crippen molar-refractivity contribution in [1.29, 1.82) is 0 Å². The first kappa shape index (κ1) is 17.0. The highest BCUT2D eigenvalue weighted by molar-refractivity contribution is 5.96. The minimum atomic E-state index is -0.863. The Morgan fingerprint density at radius 2 is 1.80 bits per heavy atom. The SMILES string of the molecule is Cc1nc2ccccc2c(Nc2ccc(C(C)C)cc2)c1CC(=O)O. The van der Waals surface area contributed by atoms with E-state index >= 15 is 0 Å². The van der Waals surface area contributed by atoms with Gasteiger partial charge in [0.1, 0.15) is 0 Å². The molecule has 0 saturated heterocycles. The molecule has 4 heteroatoms. The molecule has 0 saturated carbocycles. The number of aliphatic carboxylic acids is 1. The molecule has 0 amide bonds. The molecule has 0 fully saturated rings. The third-order valence-corrected chi connectivity index (χ3v) is 4.37. The molecule has 3 rings (SSSR count). The highest BCUT2D eigenvalue weighted by Crippen LogP contribution is 2.32. The fourth-order valence-corrected chi connectivity index (χ4v) is 2.98. The Morgan fingerprint density at radius 3 is 2.44 bits per heavy atom. The predicted molar refractivity (Wildman–Crippen MR) is 102 cm³/mol. The van der Waals surface area contributed by atoms with E-state index in [0.29, 0.717) is 5.92 Å². The molecule has 1 heterocycles. The molecule has 128 valence electrons. The number of nitrogens with zero attached hydrogens (tertiary/aromatic N) is 1. The second kappa shape index (κ2) is 6.93. The number of anilines is 2. The van der Waals surface area contributed by atoms with Crippen LogP contribution in [0, 0.1) is 6.92 Å². The molecule has 0 aliphatic rings. The average molecular weight is 334 g/mol. The number of hydrogen-bond donors (Lipinski definition) is 2. The Labute approximate surface area is 147 Å². The molecule has 0 bridgehead atoms. The topological polar surface area (TPSA) is 62.2 Å². The molecular weight excluding hydrogens is 312 g/mol. The zero-order valence-corrected chi connectivity index (χ0v) is 14.7. The maximum atomic E-state index is 11.3. The summed E-state index contributed by atoms with van der Waals surface area (Å²) in [6.07, 6.45) is -0.0594. The lowest BCUT2D eigenvalue weighted by molar-refractivity contribution is -0.136. The van der Waals surface area contributed by atoms with Crippen LogP contribution in [0.4, 0.5) is 11.4 Å². The molecule has 2 aromatic carbocycles. The number of carboxylic acid groups (broad SMARTS) is 1. The molecule has 4 nitrogen and oxygen atoms in total. The van der Waals surface area contributed by atoms with E-state index in [1.807, 2.05) is 43.3 Å². The van der Waals surface area contributed by atoms with Gasteiger partial charge in [-0.3, -0.25) is 9.78 Å². The first-order chi connectivity index (χ1) is 12.0. The van der Waals surface area contributed by atoms with Gasteiger partial charge < -0.3 is 10.4 Å². The monoisotopic (exact) mass is 334 g/mol. The number of nitrogens with one attached hydrogen (secondary N) is 1. The van der Waals surface area contributed by atoms with Crippen molar-refractivity contribution >= 4 is 28.2 Å². The van der Waals surface area contributed by atoms with Gasteiger partial charge in [-0.1, -0.05) is 44.2 Å². The normalized spacial score (nSPS) is 11.0. The van der Waals surface area contributed by atoms with E-state index in [4.69, 9.17) is 0 Å². The van der Waals surface area contributed by atoms with Gasteiger partial charge in [0.25, 0.3) is 0 Å². The Kier molecular flexibility index (Phi) is 4.70. The van der Waals surface area contributed by atoms with E-state index in [9.17, 15) is 9.90 Å². The second-order valence-electron chi connectivity index (χ2n) is 6.54. The van der Waals surface area contributed by atoms with Crippen LogP contribution in [0.2, 0.25) is 0 Å². The van der Waals surface area contributed by atoms with Crippen molar-refractivity contribution in [2.75, 3.05) is 5.32 Å². The number of hydrogen-bond acceptors (Lipinski definition) is 3. The summed E-state index contributed by atoms with van der Waals surface area (Å²) in [6, 6.07) is 16.1. The van der Waals surface area contributed by atoms with Crippen molar-refractivity contribution in [3.63, 3.8) is 0 Å². The lowest BCUT2D eigenvalue weighted by Crippen LogP contribution is -2.08. The number of fused-ring (bicyclic) bond motifs is 1. The van der Waals surface area contributed by atoms with E-state index in [2.05, 4.69) is 36.3 Å². The molecule has 0 aliphatic carbocycles. The number of carbonyl (C=O) groups is 1. The number of para-hydroxylation sites is 1. The summed E-state index contributed by atoms with van der Waals surface area (Å²) in [5.41, 5.74) is 5.35. The van der Waals surface area contributed by atoms with E-state index in [0.717, 1.165) is 33.5 Å². The van der Waals surface area contributed by atoms with Crippen LogP contribution in [0.25, 0.3) is 10.9 Å². The minimum absolute atomic E-state index is 0.0594. The molecule has 0 atom stereocenters. The van der Waals surface area contributed by atoms with Gasteiger partial charge in [0.15, 0.2) is 0 Å². The largest absolute Gasteiger partial charge is 0.481 e. The van der Waals surface area contributed by atoms with Crippen molar-refractivity contribution in [3.05, 3.63) is 65.4 Å². The van der Waals surface area contributed by atoms with E-state index in [-0.39, 0.29) is 6.42 Å². The number of pyridine rings is 1. The van der Waals surface area contributed by atoms with Gasteiger partial charge in [-0.25, -0.2) is 0 Å². The first-order valence-corrected chi connectivity index (χ1v) is 8.42. The second-order valence-corrected chi connectivity index (χ2v) is 6.54. The van der Waals surface area contributed by atoms with Gasteiger partial charge in [0.05, 0.1) is 17.6 Å². The molecule has 2 N–H and O–H groups in total. The van der Waals surface area contributed by atoms with Gasteiger partial charge >= 0.3 is 5.97 Å². The Balaban J connectivity index is 2.10. The van der Waals surface area contributed by atoms with Crippen LogP contribution in [-0.2, 0) is 11.2 Å². The zero-order chi connectivity index (χ0) is 18.0. The summed E-state index contributed by atoms with van der Waals surface area (Å²) < 4.78 is 0. The minimum Gasteiger partial charge on any atom is -0.481 e. The van der Waals surface area contributed by atoms with Crippen LogP contribution < -0.4 is 5.32 Å². The van der Waals surface area contributed by atoms with Crippen molar-refractivity contribution in [2.45, 2.75) is 33.1 Å². The molecule has 0 aliphatic heterocycles. The van der Waals surface area contributed by atoms with Crippen LogP contribution in [-0.4, -0.2) is 16.1 Å². The quantitative estimate of drug-likeness (QED) is 0.686. The van der Waals surface area contributed by atoms with E-state index in [1.165, 1.54) is 5.56 Å². The summed E-state index contributed by atoms with van der Waals surface area (Å²) in [6.45, 7) is 6.18. The van der Waals surface area contributed by atoms with Crippen molar-refractivity contribution in [1.82, 2.24) is 4.98 Å². The molecule has 0 radical (unpaired) electrons. The molecule has 1 aromatic heterocycles. The molecule has 3 aromatic rings. The Hall–Kier alpha value is -2.88. The molecular formula is C21H22N2O2. The number of benzene rings is 2. The van der Waals surface area contributed by atoms with E-state index < -0.39 is 5.97 Å². The van der Waals surface area contributed by atoms with Crippen molar-refractivity contribution in [3.8, 4) is 0 Å². The van der Waals surface area contributed by atoms with Crippen LogP contribution >= 0.6 is 0 Å². The van der Waals surface area contributed by atoms with Crippen LogP contribution in [0.15, 0.2) is 48.5 Å². The number of aromatic nitrogens is 1. The molecule has 0 unspecified atom stereocenters. The lowest BCUT2D eigenvalue weighted by Gasteiger charge is -2.17. The highest BCUT2D eigenvalue weighted by Gasteiger charge is 2.15. The lowest BCUT2D eigenvalue weighted by atomic mass is 10.0. The molecule has 25 heavy (non-hydrogen) atoms. The first-order valence-electron chi connectivity index (χ1n) is 8.42. The average Bonchev–Trinajstić information content (AvgIpc) is 2.58. The summed E-state index contributed by atoms with van der Waals surface area (Å²) in [5, 5.41) is 13.6. The maximum absolute atomic E-state index is 11.3. The maximum Gasteiger partial charge on any atom is 0.307 e. The Morgan fingerprint density at radius 1 is 1.12 bits per heavy atom.